The third kappa shape index (κ3) is 2.72. The highest BCUT2D eigenvalue weighted by atomic mass is 16.5. The molecule has 1 aliphatic heterocycles. The number of hydrogen-bond donors (Lipinski definition) is 2. The van der Waals surface area contributed by atoms with Gasteiger partial charge in [0.1, 0.15) is 0 Å². The van der Waals surface area contributed by atoms with Gasteiger partial charge in [-0.05, 0) is 36.8 Å². The molecule has 0 atom stereocenters. The molecule has 0 saturated carbocycles. The second-order valence-electron chi connectivity index (χ2n) is 4.84. The molecule has 0 bridgehead atoms. The lowest BCUT2D eigenvalue weighted by Gasteiger charge is -2.20. The molecule has 21 heavy (non-hydrogen) atoms. The highest BCUT2D eigenvalue weighted by Crippen LogP contribution is 2.32. The van der Waals surface area contributed by atoms with Gasteiger partial charge in [0.2, 0.25) is 0 Å². The molecule has 0 unspecified atom stereocenters. The average molecular weight is 282 g/mol. The van der Waals surface area contributed by atoms with E-state index in [2.05, 4.69) is 10.6 Å². The van der Waals surface area contributed by atoms with Gasteiger partial charge in [-0.1, -0.05) is 18.2 Å². The summed E-state index contributed by atoms with van der Waals surface area (Å²) < 4.78 is 5.38. The number of ether oxygens (including phenoxy) is 1. The Labute approximate surface area is 121 Å². The van der Waals surface area contributed by atoms with Crippen molar-refractivity contribution in [2.75, 3.05) is 17.2 Å². The number of aryl methyl sites for hydroxylation is 1. The minimum Gasteiger partial charge on any atom is -0.481 e. The Morgan fingerprint density at radius 3 is 2.86 bits per heavy atom. The zero-order chi connectivity index (χ0) is 14.8. The third-order valence-corrected chi connectivity index (χ3v) is 3.16. The maximum Gasteiger partial charge on any atom is 0.262 e. The molecular formula is C16H14N2O3. The lowest BCUT2D eigenvalue weighted by atomic mass is 10.1. The number of carbonyl (C=O) groups is 2. The van der Waals surface area contributed by atoms with Crippen LogP contribution in [-0.2, 0) is 4.79 Å². The number of benzene rings is 2. The monoisotopic (exact) mass is 282 g/mol. The van der Waals surface area contributed by atoms with Crippen LogP contribution in [0.15, 0.2) is 42.5 Å². The molecule has 5 nitrogen and oxygen atoms in total. The van der Waals surface area contributed by atoms with Crippen molar-refractivity contribution in [3.63, 3.8) is 0 Å². The molecule has 5 heteroatoms. The van der Waals surface area contributed by atoms with Crippen molar-refractivity contribution in [3.8, 4) is 5.75 Å². The van der Waals surface area contributed by atoms with Crippen LogP contribution in [0.2, 0.25) is 0 Å². The average Bonchev–Trinajstić information content (AvgIpc) is 2.46. The summed E-state index contributed by atoms with van der Waals surface area (Å²) in [4.78, 5) is 23.7. The van der Waals surface area contributed by atoms with E-state index in [1.807, 2.05) is 31.2 Å². The quantitative estimate of drug-likeness (QED) is 0.889. The fourth-order valence-electron chi connectivity index (χ4n) is 2.22. The first-order valence-electron chi connectivity index (χ1n) is 6.57. The molecule has 0 aliphatic carbocycles. The number of anilines is 2. The van der Waals surface area contributed by atoms with Crippen LogP contribution in [0.3, 0.4) is 0 Å². The first-order chi connectivity index (χ1) is 10.1. The van der Waals surface area contributed by atoms with E-state index >= 15 is 0 Å². The van der Waals surface area contributed by atoms with Crippen LogP contribution in [0.4, 0.5) is 11.4 Å². The first kappa shape index (κ1) is 13.2. The molecule has 3 rings (SSSR count). The molecule has 2 aromatic carbocycles. The van der Waals surface area contributed by atoms with Crippen molar-refractivity contribution in [1.82, 2.24) is 0 Å². The Morgan fingerprint density at radius 2 is 2.05 bits per heavy atom. The second-order valence-corrected chi connectivity index (χ2v) is 4.84. The van der Waals surface area contributed by atoms with E-state index in [0.717, 1.165) is 11.3 Å². The number of rotatable bonds is 2. The van der Waals surface area contributed by atoms with E-state index in [1.165, 1.54) is 0 Å². The van der Waals surface area contributed by atoms with Gasteiger partial charge in [-0.15, -0.1) is 0 Å². The molecule has 0 spiro atoms. The minimum atomic E-state index is -0.270. The predicted octanol–water partition coefficient (Wildman–Crippen LogP) is 2.58. The molecule has 2 amide bonds. The second kappa shape index (κ2) is 5.28. The fraction of sp³-hybridized carbons (Fsp3) is 0.125. The number of amides is 2. The molecule has 0 fully saturated rings. The maximum absolute atomic E-state index is 12.4. The van der Waals surface area contributed by atoms with Crippen LogP contribution >= 0.6 is 0 Å². The van der Waals surface area contributed by atoms with Crippen molar-refractivity contribution in [2.24, 2.45) is 0 Å². The Morgan fingerprint density at radius 1 is 1.24 bits per heavy atom. The lowest BCUT2D eigenvalue weighted by Crippen LogP contribution is -2.27. The van der Waals surface area contributed by atoms with Crippen molar-refractivity contribution < 1.29 is 14.3 Å². The summed E-state index contributed by atoms with van der Waals surface area (Å²) in [5.41, 5.74) is 2.70. The van der Waals surface area contributed by atoms with Gasteiger partial charge in [-0.3, -0.25) is 9.59 Å². The van der Waals surface area contributed by atoms with Gasteiger partial charge in [0, 0.05) is 5.69 Å². The summed E-state index contributed by atoms with van der Waals surface area (Å²) in [6.07, 6.45) is 0. The third-order valence-electron chi connectivity index (χ3n) is 3.16. The van der Waals surface area contributed by atoms with Gasteiger partial charge in [0.25, 0.3) is 11.8 Å². The molecule has 0 aromatic heterocycles. The maximum atomic E-state index is 12.4. The molecule has 106 valence electrons. The molecular weight excluding hydrogens is 268 g/mol. The van der Waals surface area contributed by atoms with Crippen LogP contribution in [0.1, 0.15) is 15.9 Å². The Kier molecular flexibility index (Phi) is 3.31. The highest BCUT2D eigenvalue weighted by molar-refractivity contribution is 6.09. The number of carbonyl (C=O) groups excluding carboxylic acids is 2. The van der Waals surface area contributed by atoms with Crippen LogP contribution in [0, 0.1) is 6.92 Å². The molecule has 1 heterocycles. The standard InChI is InChI=1S/C16H14N2O3/c1-10-4-2-5-11(8-10)17-16(20)12-6-3-7-13-15(12)21-9-14(19)18-13/h2-8H,9H2,1H3,(H,17,20)(H,18,19). The number of fused-ring (bicyclic) bond motifs is 1. The Hall–Kier alpha value is -2.82. The van der Waals surface area contributed by atoms with Crippen molar-refractivity contribution in [1.29, 1.82) is 0 Å². The van der Waals surface area contributed by atoms with Crippen molar-refractivity contribution in [3.05, 3.63) is 53.6 Å². The number of hydrogen-bond acceptors (Lipinski definition) is 3. The SMILES string of the molecule is Cc1cccc(NC(=O)c2cccc3c2OCC(=O)N3)c1. The van der Waals surface area contributed by atoms with Crippen molar-refractivity contribution >= 4 is 23.2 Å². The molecule has 0 radical (unpaired) electrons. The topological polar surface area (TPSA) is 67.4 Å². The van der Waals surface area contributed by atoms with Crippen LogP contribution in [0.25, 0.3) is 0 Å². The smallest absolute Gasteiger partial charge is 0.262 e. The van der Waals surface area contributed by atoms with E-state index in [0.29, 0.717) is 17.0 Å². The summed E-state index contributed by atoms with van der Waals surface area (Å²) in [5, 5.41) is 5.51. The molecule has 2 N–H and O–H groups in total. The molecule has 2 aromatic rings. The van der Waals surface area contributed by atoms with E-state index in [-0.39, 0.29) is 18.4 Å². The van der Waals surface area contributed by atoms with Gasteiger partial charge in [0.15, 0.2) is 12.4 Å². The summed E-state index contributed by atoms with van der Waals surface area (Å²) in [6.45, 7) is 1.88. The number of nitrogens with one attached hydrogen (secondary N) is 2. The van der Waals surface area contributed by atoms with Gasteiger partial charge in [-0.2, -0.15) is 0 Å². The normalized spacial score (nSPS) is 12.9. The zero-order valence-corrected chi connectivity index (χ0v) is 11.5. The summed E-state index contributed by atoms with van der Waals surface area (Å²) >= 11 is 0. The first-order valence-corrected chi connectivity index (χ1v) is 6.57. The van der Waals surface area contributed by atoms with E-state index < -0.39 is 0 Å². The Bertz CT molecular complexity index is 725. The van der Waals surface area contributed by atoms with E-state index in [9.17, 15) is 9.59 Å². The summed E-state index contributed by atoms with van der Waals surface area (Å²) in [5.74, 6) is -0.0883. The number of para-hydroxylation sites is 1. The molecule has 1 aliphatic rings. The van der Waals surface area contributed by atoms with Crippen LogP contribution < -0.4 is 15.4 Å². The highest BCUT2D eigenvalue weighted by Gasteiger charge is 2.22. The largest absolute Gasteiger partial charge is 0.481 e. The fourth-order valence-corrected chi connectivity index (χ4v) is 2.22. The van der Waals surface area contributed by atoms with E-state index in [4.69, 9.17) is 4.74 Å². The lowest BCUT2D eigenvalue weighted by molar-refractivity contribution is -0.118. The summed E-state index contributed by atoms with van der Waals surface area (Å²) in [6, 6.07) is 12.6. The predicted molar refractivity (Wildman–Crippen MR) is 79.7 cm³/mol. The van der Waals surface area contributed by atoms with Crippen molar-refractivity contribution in [2.45, 2.75) is 6.92 Å². The van der Waals surface area contributed by atoms with Gasteiger partial charge >= 0.3 is 0 Å². The van der Waals surface area contributed by atoms with Gasteiger partial charge in [0.05, 0.1) is 11.3 Å². The van der Waals surface area contributed by atoms with E-state index in [1.54, 1.807) is 18.2 Å². The van der Waals surface area contributed by atoms with Crippen LogP contribution in [-0.4, -0.2) is 18.4 Å². The Balaban J connectivity index is 1.89. The molecule has 0 saturated heterocycles. The van der Waals surface area contributed by atoms with Crippen LogP contribution in [0.5, 0.6) is 5.75 Å². The zero-order valence-electron chi connectivity index (χ0n) is 11.5. The minimum absolute atomic E-state index is 0.0816. The van der Waals surface area contributed by atoms with Gasteiger partial charge < -0.3 is 15.4 Å². The summed E-state index contributed by atoms with van der Waals surface area (Å²) in [7, 11) is 0. The van der Waals surface area contributed by atoms with Gasteiger partial charge in [-0.25, -0.2) is 0 Å².